The number of ether oxygens (including phenoxy) is 1. The molecule has 2 aromatic rings. The zero-order valence-electron chi connectivity index (χ0n) is 16.2. The number of carbonyl (C=O) groups is 1. The van der Waals surface area contributed by atoms with Gasteiger partial charge in [0.15, 0.2) is 11.0 Å². The molecule has 0 aliphatic carbocycles. The molecule has 1 amide bonds. The topological polar surface area (TPSA) is 63.5 Å². The average Bonchev–Trinajstić information content (AvgIpc) is 3.47. The van der Waals surface area contributed by atoms with Crippen LogP contribution in [0.5, 0.6) is 0 Å². The number of hydrogen-bond acceptors (Lipinski definition) is 7. The van der Waals surface area contributed by atoms with Crippen molar-refractivity contribution in [2.75, 3.05) is 45.1 Å². The lowest BCUT2D eigenvalue weighted by Crippen LogP contribution is -2.50. The molecule has 2 fully saturated rings. The summed E-state index contributed by atoms with van der Waals surface area (Å²) in [6.45, 7) is 8.24. The van der Waals surface area contributed by atoms with Crippen LogP contribution < -0.4 is 0 Å². The van der Waals surface area contributed by atoms with Crippen LogP contribution in [-0.2, 0) is 16.1 Å². The van der Waals surface area contributed by atoms with Crippen molar-refractivity contribution < 1.29 is 9.53 Å². The molecule has 0 saturated carbocycles. The highest BCUT2D eigenvalue weighted by Gasteiger charge is 2.25. The second-order valence-electron chi connectivity index (χ2n) is 7.13. The van der Waals surface area contributed by atoms with Crippen molar-refractivity contribution in [3.8, 4) is 10.7 Å². The lowest BCUT2D eigenvalue weighted by atomic mass is 10.2. The molecule has 2 aliphatic rings. The molecule has 1 unspecified atom stereocenters. The molecule has 9 heteroatoms. The number of hydrogen-bond donors (Lipinski definition) is 0. The fourth-order valence-electron chi connectivity index (χ4n) is 3.74. The van der Waals surface area contributed by atoms with Gasteiger partial charge in [-0.25, -0.2) is 0 Å². The molecule has 0 spiro atoms. The highest BCUT2D eigenvalue weighted by Crippen LogP contribution is 2.27. The monoisotopic (exact) mass is 421 g/mol. The summed E-state index contributed by atoms with van der Waals surface area (Å²) in [5, 5.41) is 11.5. The number of thiophene rings is 1. The van der Waals surface area contributed by atoms with Crippen molar-refractivity contribution in [1.29, 1.82) is 0 Å². The maximum absolute atomic E-state index is 12.7. The second-order valence-corrected chi connectivity index (χ2v) is 9.02. The third-order valence-corrected chi connectivity index (χ3v) is 7.13. The van der Waals surface area contributed by atoms with Crippen molar-refractivity contribution >= 4 is 29.0 Å². The third kappa shape index (κ3) is 4.59. The highest BCUT2D eigenvalue weighted by atomic mass is 32.2. The van der Waals surface area contributed by atoms with Crippen LogP contribution in [0.25, 0.3) is 10.7 Å². The Balaban J connectivity index is 1.27. The predicted octanol–water partition coefficient (Wildman–Crippen LogP) is 2.44. The molecule has 0 aromatic carbocycles. The molecule has 2 saturated heterocycles. The summed E-state index contributed by atoms with van der Waals surface area (Å²) in [5.74, 6) is 1.48. The van der Waals surface area contributed by atoms with Gasteiger partial charge in [-0.3, -0.25) is 9.69 Å². The van der Waals surface area contributed by atoms with Crippen LogP contribution in [-0.4, -0.2) is 81.7 Å². The molecule has 152 valence electrons. The molecule has 1 atom stereocenters. The fraction of sp³-hybridized carbons (Fsp3) is 0.632. The Labute approximate surface area is 174 Å². The first-order valence-electron chi connectivity index (χ1n) is 9.96. The molecule has 0 radical (unpaired) electrons. The molecular formula is C19H27N5O2S2. The number of rotatable bonds is 7. The minimum Gasteiger partial charge on any atom is -0.377 e. The molecule has 4 heterocycles. The lowest BCUT2D eigenvalue weighted by Gasteiger charge is -2.35. The van der Waals surface area contributed by atoms with Crippen LogP contribution in [0.2, 0.25) is 0 Å². The highest BCUT2D eigenvalue weighted by molar-refractivity contribution is 7.99. The van der Waals surface area contributed by atoms with Gasteiger partial charge in [0.1, 0.15) is 0 Å². The van der Waals surface area contributed by atoms with E-state index in [9.17, 15) is 4.79 Å². The van der Waals surface area contributed by atoms with Gasteiger partial charge in [-0.15, -0.1) is 21.5 Å². The normalized spacial score (nSPS) is 20.8. The van der Waals surface area contributed by atoms with E-state index in [1.54, 1.807) is 11.3 Å². The smallest absolute Gasteiger partial charge is 0.233 e. The van der Waals surface area contributed by atoms with E-state index in [4.69, 9.17) is 4.74 Å². The van der Waals surface area contributed by atoms with Crippen molar-refractivity contribution in [1.82, 2.24) is 24.6 Å². The van der Waals surface area contributed by atoms with Gasteiger partial charge >= 0.3 is 0 Å². The third-order valence-electron chi connectivity index (χ3n) is 5.31. The zero-order valence-corrected chi connectivity index (χ0v) is 17.9. The summed E-state index contributed by atoms with van der Waals surface area (Å²) in [5.41, 5.74) is 0. The summed E-state index contributed by atoms with van der Waals surface area (Å²) in [7, 11) is 0. The van der Waals surface area contributed by atoms with Gasteiger partial charge in [-0.1, -0.05) is 17.8 Å². The number of thioether (sulfide) groups is 1. The van der Waals surface area contributed by atoms with E-state index in [1.807, 2.05) is 16.3 Å². The standard InChI is InChI=1S/C19H27N5O2S2/c1-2-24-18(16-6-4-12-27-16)20-21-19(24)28-14-17(25)23-9-7-22(8-10-23)13-15-5-3-11-26-15/h4,6,12,15H,2-3,5,7-11,13-14H2,1H3. The largest absolute Gasteiger partial charge is 0.377 e. The van der Waals surface area contributed by atoms with E-state index < -0.39 is 0 Å². The number of carbonyl (C=O) groups excluding carboxylic acids is 1. The first-order chi connectivity index (χ1) is 13.7. The number of nitrogens with zero attached hydrogens (tertiary/aromatic N) is 5. The van der Waals surface area contributed by atoms with Gasteiger partial charge in [0, 0.05) is 45.9 Å². The van der Waals surface area contributed by atoms with Crippen LogP contribution in [0.15, 0.2) is 22.7 Å². The average molecular weight is 422 g/mol. The zero-order chi connectivity index (χ0) is 19.3. The number of amides is 1. The summed E-state index contributed by atoms with van der Waals surface area (Å²) in [6.07, 6.45) is 2.73. The molecule has 2 aliphatic heterocycles. The second kappa shape index (κ2) is 9.39. The molecule has 7 nitrogen and oxygen atoms in total. The lowest BCUT2D eigenvalue weighted by molar-refractivity contribution is -0.130. The molecule has 28 heavy (non-hydrogen) atoms. The first-order valence-corrected chi connectivity index (χ1v) is 11.8. The van der Waals surface area contributed by atoms with Crippen molar-refractivity contribution in [3.63, 3.8) is 0 Å². The maximum atomic E-state index is 12.7. The van der Waals surface area contributed by atoms with E-state index in [0.717, 1.165) is 61.7 Å². The van der Waals surface area contributed by atoms with E-state index in [0.29, 0.717) is 11.9 Å². The van der Waals surface area contributed by atoms with Gasteiger partial charge < -0.3 is 14.2 Å². The predicted molar refractivity (Wildman–Crippen MR) is 112 cm³/mol. The SMILES string of the molecule is CCn1c(SCC(=O)N2CCN(CC3CCCO3)CC2)nnc1-c1cccs1. The van der Waals surface area contributed by atoms with Crippen LogP contribution in [0.3, 0.4) is 0 Å². The van der Waals surface area contributed by atoms with Gasteiger partial charge in [0.2, 0.25) is 5.91 Å². The Kier molecular flexibility index (Phi) is 6.66. The Morgan fingerprint density at radius 3 is 2.86 bits per heavy atom. The van der Waals surface area contributed by atoms with E-state index >= 15 is 0 Å². The van der Waals surface area contributed by atoms with Crippen LogP contribution >= 0.6 is 23.1 Å². The molecule has 0 N–H and O–H groups in total. The molecule has 0 bridgehead atoms. The molecule has 2 aromatic heterocycles. The van der Waals surface area contributed by atoms with Crippen molar-refractivity contribution in [2.24, 2.45) is 0 Å². The molecule has 4 rings (SSSR count). The van der Waals surface area contributed by atoms with Crippen LogP contribution in [0.4, 0.5) is 0 Å². The number of piperazine rings is 1. The van der Waals surface area contributed by atoms with Gasteiger partial charge in [-0.2, -0.15) is 0 Å². The summed E-state index contributed by atoms with van der Waals surface area (Å²) >= 11 is 3.14. The Morgan fingerprint density at radius 1 is 1.32 bits per heavy atom. The van der Waals surface area contributed by atoms with Gasteiger partial charge in [-0.05, 0) is 31.2 Å². The minimum absolute atomic E-state index is 0.185. The maximum Gasteiger partial charge on any atom is 0.233 e. The van der Waals surface area contributed by atoms with E-state index in [1.165, 1.54) is 24.6 Å². The van der Waals surface area contributed by atoms with Crippen LogP contribution in [0, 0.1) is 0 Å². The minimum atomic E-state index is 0.185. The van der Waals surface area contributed by atoms with E-state index in [2.05, 4.69) is 32.7 Å². The van der Waals surface area contributed by atoms with Crippen molar-refractivity contribution in [2.45, 2.75) is 37.6 Å². The Bertz CT molecular complexity index is 765. The molecular weight excluding hydrogens is 394 g/mol. The Morgan fingerprint density at radius 2 is 2.18 bits per heavy atom. The fourth-order valence-corrected chi connectivity index (χ4v) is 5.36. The summed E-state index contributed by atoms with van der Waals surface area (Å²) in [6, 6.07) is 4.07. The summed E-state index contributed by atoms with van der Waals surface area (Å²) < 4.78 is 7.81. The first kappa shape index (κ1) is 19.9. The van der Waals surface area contributed by atoms with E-state index in [-0.39, 0.29) is 5.91 Å². The van der Waals surface area contributed by atoms with Crippen LogP contribution in [0.1, 0.15) is 19.8 Å². The van der Waals surface area contributed by atoms with Crippen molar-refractivity contribution in [3.05, 3.63) is 17.5 Å². The number of aromatic nitrogens is 3. The summed E-state index contributed by atoms with van der Waals surface area (Å²) in [4.78, 5) is 18.2. The van der Waals surface area contributed by atoms with Gasteiger partial charge in [0.25, 0.3) is 0 Å². The van der Waals surface area contributed by atoms with Gasteiger partial charge in [0.05, 0.1) is 16.7 Å². The Hall–Kier alpha value is -1.42. The quantitative estimate of drug-likeness (QED) is 0.640.